The van der Waals surface area contributed by atoms with Crippen LogP contribution >= 0.6 is 11.6 Å². The molecule has 9 heteroatoms. The maximum absolute atomic E-state index is 12.8. The first-order valence-corrected chi connectivity index (χ1v) is 9.36. The van der Waals surface area contributed by atoms with Crippen molar-refractivity contribution < 1.29 is 23.9 Å². The molecule has 2 heterocycles. The maximum Gasteiger partial charge on any atom is 0.344 e. The van der Waals surface area contributed by atoms with Gasteiger partial charge in [-0.3, -0.25) is 15.0 Å². The van der Waals surface area contributed by atoms with E-state index in [2.05, 4.69) is 10.7 Å². The van der Waals surface area contributed by atoms with Gasteiger partial charge in [-0.05, 0) is 30.2 Å². The van der Waals surface area contributed by atoms with Gasteiger partial charge < -0.3 is 14.8 Å². The lowest BCUT2D eigenvalue weighted by Gasteiger charge is -2.22. The zero-order chi connectivity index (χ0) is 20.6. The number of hydrogen-bond acceptors (Lipinski definition) is 5. The number of amides is 4. The van der Waals surface area contributed by atoms with Gasteiger partial charge in [-0.2, -0.15) is 5.01 Å². The molecule has 1 saturated heterocycles. The molecule has 4 rings (SSSR count). The van der Waals surface area contributed by atoms with Gasteiger partial charge in [0.2, 0.25) is 5.91 Å². The van der Waals surface area contributed by atoms with Crippen LogP contribution in [0.4, 0.5) is 4.79 Å². The number of ether oxygens (including phenoxy) is 2. The Labute approximate surface area is 171 Å². The van der Waals surface area contributed by atoms with Crippen LogP contribution < -0.4 is 20.2 Å². The van der Waals surface area contributed by atoms with E-state index in [1.54, 1.807) is 43.3 Å². The number of nitrogens with zero attached hydrogens (tertiary/aromatic N) is 1. The molecule has 0 spiro atoms. The molecule has 1 fully saturated rings. The topological polar surface area (TPSA) is 97.0 Å². The summed E-state index contributed by atoms with van der Waals surface area (Å²) >= 11 is 6.19. The first kappa shape index (κ1) is 19.1. The molecule has 2 aromatic carbocycles. The molecule has 0 bridgehead atoms. The summed E-state index contributed by atoms with van der Waals surface area (Å²) in [5.41, 5.74) is 2.29. The first-order chi connectivity index (χ1) is 13.9. The number of benzene rings is 2. The Morgan fingerprint density at radius 3 is 2.69 bits per heavy atom. The molecule has 29 heavy (non-hydrogen) atoms. The van der Waals surface area contributed by atoms with Crippen molar-refractivity contribution >= 4 is 29.4 Å². The molecule has 150 valence electrons. The molecule has 8 nitrogen and oxygen atoms in total. The molecular formula is C20H18ClN3O5. The van der Waals surface area contributed by atoms with Crippen LogP contribution in [-0.2, 0) is 21.5 Å². The Morgan fingerprint density at radius 2 is 1.93 bits per heavy atom. The fourth-order valence-corrected chi connectivity index (χ4v) is 3.61. The minimum atomic E-state index is -1.26. The van der Waals surface area contributed by atoms with Gasteiger partial charge in [0.05, 0.1) is 11.4 Å². The van der Waals surface area contributed by atoms with Crippen molar-refractivity contribution in [2.75, 3.05) is 13.2 Å². The molecule has 0 aliphatic carbocycles. The van der Waals surface area contributed by atoms with Gasteiger partial charge in [-0.25, -0.2) is 4.79 Å². The molecule has 4 amide bonds. The zero-order valence-corrected chi connectivity index (χ0v) is 16.3. The number of halogens is 1. The summed E-state index contributed by atoms with van der Waals surface area (Å²) in [5, 5.41) is 3.66. The molecule has 2 N–H and O–H groups in total. The van der Waals surface area contributed by atoms with Crippen LogP contribution in [0.5, 0.6) is 11.5 Å². The Kier molecular flexibility index (Phi) is 4.79. The summed E-state index contributed by atoms with van der Waals surface area (Å²) in [7, 11) is 0. The van der Waals surface area contributed by atoms with Crippen molar-refractivity contribution in [2.24, 2.45) is 0 Å². The summed E-state index contributed by atoms with van der Waals surface area (Å²) in [5.74, 6) is -0.214. The molecule has 0 radical (unpaired) electrons. The molecule has 2 aromatic rings. The number of nitrogens with one attached hydrogen (secondary N) is 2. The lowest BCUT2D eigenvalue weighted by atomic mass is 9.92. The monoisotopic (exact) mass is 415 g/mol. The van der Waals surface area contributed by atoms with Crippen molar-refractivity contribution in [3.63, 3.8) is 0 Å². The van der Waals surface area contributed by atoms with E-state index in [1.807, 2.05) is 6.07 Å². The van der Waals surface area contributed by atoms with Gasteiger partial charge in [0.25, 0.3) is 5.91 Å². The summed E-state index contributed by atoms with van der Waals surface area (Å²) < 4.78 is 11.0. The third kappa shape index (κ3) is 3.47. The van der Waals surface area contributed by atoms with E-state index < -0.39 is 23.4 Å². The fourth-order valence-electron chi connectivity index (χ4n) is 3.32. The van der Waals surface area contributed by atoms with Gasteiger partial charge in [0.15, 0.2) is 11.5 Å². The number of imide groups is 1. The van der Waals surface area contributed by atoms with E-state index >= 15 is 0 Å². The SMILES string of the molecule is C[C@]1(c2ccccc2)NC(=O)N(NC(=O)Cc2cc(Cl)c3c(c2)OCCO3)C1=O. The quantitative estimate of drug-likeness (QED) is 0.746. The van der Waals surface area contributed by atoms with E-state index in [0.717, 1.165) is 0 Å². The maximum atomic E-state index is 12.8. The molecule has 1 atom stereocenters. The Morgan fingerprint density at radius 1 is 1.21 bits per heavy atom. The van der Waals surface area contributed by atoms with Crippen molar-refractivity contribution in [3.8, 4) is 11.5 Å². The van der Waals surface area contributed by atoms with Crippen LogP contribution in [0.1, 0.15) is 18.1 Å². The van der Waals surface area contributed by atoms with Crippen molar-refractivity contribution in [1.29, 1.82) is 0 Å². The number of urea groups is 1. The normalized spacial score (nSPS) is 20.4. The smallest absolute Gasteiger partial charge is 0.344 e. The average Bonchev–Trinajstić information content (AvgIpc) is 2.93. The predicted octanol–water partition coefficient (Wildman–Crippen LogP) is 2.15. The van der Waals surface area contributed by atoms with Crippen molar-refractivity contribution in [2.45, 2.75) is 18.9 Å². The third-order valence-corrected chi connectivity index (χ3v) is 5.08. The Bertz CT molecular complexity index is 997. The number of hydrazine groups is 1. The summed E-state index contributed by atoms with van der Waals surface area (Å²) in [6, 6.07) is 11.4. The molecule has 0 aromatic heterocycles. The van der Waals surface area contributed by atoms with Crippen LogP contribution in [0.25, 0.3) is 0 Å². The van der Waals surface area contributed by atoms with Gasteiger partial charge in [-0.1, -0.05) is 41.9 Å². The van der Waals surface area contributed by atoms with Gasteiger partial charge in [0.1, 0.15) is 18.8 Å². The highest BCUT2D eigenvalue weighted by Crippen LogP contribution is 2.38. The number of carbonyl (C=O) groups is 3. The largest absolute Gasteiger partial charge is 0.486 e. The highest BCUT2D eigenvalue weighted by atomic mass is 35.5. The average molecular weight is 416 g/mol. The molecule has 2 aliphatic rings. The Hall–Kier alpha value is -3.26. The van der Waals surface area contributed by atoms with E-state index in [-0.39, 0.29) is 6.42 Å². The van der Waals surface area contributed by atoms with Crippen LogP contribution in [-0.4, -0.2) is 36.1 Å². The number of rotatable bonds is 4. The molecule has 2 aliphatic heterocycles. The van der Waals surface area contributed by atoms with Gasteiger partial charge >= 0.3 is 6.03 Å². The third-order valence-electron chi connectivity index (χ3n) is 4.80. The number of carbonyl (C=O) groups excluding carboxylic acids is 3. The van der Waals surface area contributed by atoms with Crippen molar-refractivity contribution in [3.05, 3.63) is 58.6 Å². The molecular weight excluding hydrogens is 398 g/mol. The second kappa shape index (κ2) is 7.29. The first-order valence-electron chi connectivity index (χ1n) is 8.98. The van der Waals surface area contributed by atoms with Gasteiger partial charge in [0, 0.05) is 0 Å². The van der Waals surface area contributed by atoms with E-state index in [4.69, 9.17) is 21.1 Å². The van der Waals surface area contributed by atoms with E-state index in [1.165, 1.54) is 0 Å². The lowest BCUT2D eigenvalue weighted by Crippen LogP contribution is -2.48. The van der Waals surface area contributed by atoms with Crippen LogP contribution in [0.3, 0.4) is 0 Å². The fraction of sp³-hybridized carbons (Fsp3) is 0.250. The van der Waals surface area contributed by atoms with Crippen LogP contribution in [0.15, 0.2) is 42.5 Å². The highest BCUT2D eigenvalue weighted by molar-refractivity contribution is 6.32. The van der Waals surface area contributed by atoms with Crippen LogP contribution in [0, 0.1) is 0 Å². The highest BCUT2D eigenvalue weighted by Gasteiger charge is 2.49. The van der Waals surface area contributed by atoms with Gasteiger partial charge in [-0.15, -0.1) is 0 Å². The summed E-state index contributed by atoms with van der Waals surface area (Å²) in [6.45, 7) is 2.38. The minimum absolute atomic E-state index is 0.102. The minimum Gasteiger partial charge on any atom is -0.486 e. The van der Waals surface area contributed by atoms with Crippen molar-refractivity contribution in [1.82, 2.24) is 15.8 Å². The number of hydrogen-bond donors (Lipinski definition) is 2. The standard InChI is InChI=1S/C20H18ClN3O5/c1-20(13-5-3-2-4-6-13)18(26)24(19(27)22-20)23-16(25)11-12-9-14(21)17-15(10-12)28-7-8-29-17/h2-6,9-10H,7-8,11H2,1H3,(H,22,27)(H,23,25)/t20-/m1/s1. The predicted molar refractivity (Wildman–Crippen MR) is 103 cm³/mol. The zero-order valence-electron chi connectivity index (χ0n) is 15.5. The second-order valence-electron chi connectivity index (χ2n) is 6.88. The summed E-state index contributed by atoms with van der Waals surface area (Å²) in [6.07, 6.45) is -0.102. The van der Waals surface area contributed by atoms with E-state index in [0.29, 0.717) is 45.9 Å². The van der Waals surface area contributed by atoms with Crippen LogP contribution in [0.2, 0.25) is 5.02 Å². The van der Waals surface area contributed by atoms with E-state index in [9.17, 15) is 14.4 Å². The molecule has 0 saturated carbocycles. The lowest BCUT2D eigenvalue weighted by molar-refractivity contribution is -0.138. The Balaban J connectivity index is 1.48. The second-order valence-corrected chi connectivity index (χ2v) is 7.28. The number of fused-ring (bicyclic) bond motifs is 1. The summed E-state index contributed by atoms with van der Waals surface area (Å²) in [4.78, 5) is 37.7. The molecule has 0 unspecified atom stereocenters.